The molecule has 0 aliphatic heterocycles. The summed E-state index contributed by atoms with van der Waals surface area (Å²) in [5.41, 5.74) is 45.2. The molecule has 0 radical (unpaired) electrons. The van der Waals surface area contributed by atoms with E-state index in [2.05, 4.69) is 19.1 Å². The molecule has 0 aliphatic rings. The third kappa shape index (κ3) is 19.4. The second-order valence-electron chi connectivity index (χ2n) is 14.4. The van der Waals surface area contributed by atoms with E-state index in [4.69, 9.17) is 56.2 Å². The number of para-hydroxylation sites is 1. The summed E-state index contributed by atoms with van der Waals surface area (Å²) in [7, 11) is 0. The van der Waals surface area contributed by atoms with Crippen LogP contribution in [-0.2, 0) is 45.9 Å². The second-order valence-corrected chi connectivity index (χ2v) is 14.8. The molecule has 0 atom stereocenters. The van der Waals surface area contributed by atoms with Crippen LogP contribution < -0.4 is 34.4 Å². The lowest BCUT2D eigenvalue weighted by Crippen LogP contribution is -2.00. The molecule has 14 heteroatoms. The molecule has 6 rings (SSSR count). The number of halogens is 1. The third-order valence-electron chi connectivity index (χ3n) is 9.72. The first-order chi connectivity index (χ1) is 29.9. The second kappa shape index (κ2) is 29.4. The first-order valence-corrected chi connectivity index (χ1v) is 20.5. The molecule has 0 saturated heterocycles. The number of phenols is 3. The third-order valence-corrected chi connectivity index (χ3v) is 9.95. The fourth-order valence-corrected chi connectivity index (χ4v) is 5.79. The van der Waals surface area contributed by atoms with Gasteiger partial charge >= 0.3 is 0 Å². The zero-order chi connectivity index (χ0) is 47.6. The molecule has 0 amide bonds. The fraction of sp³-hybridized carbons (Fsp3) is 0.265. The Morgan fingerprint density at radius 1 is 0.476 bits per heavy atom. The van der Waals surface area contributed by atoms with E-state index < -0.39 is 4.92 Å². The number of aliphatic hydroxyl groups is 1. The number of nitrogens with zero attached hydrogens (tertiary/aromatic N) is 1. The van der Waals surface area contributed by atoms with Gasteiger partial charge in [-0.1, -0.05) is 84.4 Å². The van der Waals surface area contributed by atoms with Gasteiger partial charge in [0.15, 0.2) is 0 Å². The Bertz CT molecular complexity index is 2270. The van der Waals surface area contributed by atoms with Crippen molar-refractivity contribution in [2.24, 2.45) is 34.4 Å². The van der Waals surface area contributed by atoms with Crippen molar-refractivity contribution < 1.29 is 25.3 Å². The number of nitro groups is 1. The Hall–Kier alpha value is -5.87. The summed E-state index contributed by atoms with van der Waals surface area (Å²) in [5.74, 6) is 0.643. The molecule has 340 valence electrons. The highest BCUT2D eigenvalue weighted by molar-refractivity contribution is 6.30. The zero-order valence-electron chi connectivity index (χ0n) is 37.2. The number of aliphatic hydroxyl groups excluding tert-OH is 1. The minimum Gasteiger partial charge on any atom is -0.508 e. The lowest BCUT2D eigenvalue weighted by molar-refractivity contribution is -0.385. The number of hydrogen-bond donors (Lipinski definition) is 10. The Morgan fingerprint density at radius 3 is 1.38 bits per heavy atom. The van der Waals surface area contributed by atoms with E-state index in [1.54, 1.807) is 19.1 Å². The van der Waals surface area contributed by atoms with Crippen LogP contribution in [0.1, 0.15) is 72.3 Å². The van der Waals surface area contributed by atoms with Gasteiger partial charge in [0.1, 0.15) is 17.2 Å². The van der Waals surface area contributed by atoms with Crippen molar-refractivity contribution in [3.8, 4) is 17.2 Å². The number of aromatic hydroxyl groups is 3. The predicted molar refractivity (Wildman–Crippen MR) is 257 cm³/mol. The normalized spacial score (nSPS) is 9.87. The molecule has 13 nitrogen and oxygen atoms in total. The lowest BCUT2D eigenvalue weighted by atomic mass is 10.1. The van der Waals surface area contributed by atoms with Gasteiger partial charge in [0, 0.05) is 67.6 Å². The summed E-state index contributed by atoms with van der Waals surface area (Å²) in [6, 6.07) is 33.1. The van der Waals surface area contributed by atoms with Crippen molar-refractivity contribution >= 4 is 17.3 Å². The maximum absolute atomic E-state index is 10.4. The predicted octanol–water partition coefficient (Wildman–Crippen LogP) is 7.89. The summed E-state index contributed by atoms with van der Waals surface area (Å²) in [6.45, 7) is 14.4. The number of phenolic OH excluding ortho intramolecular Hbond substituents is 3. The largest absolute Gasteiger partial charge is 0.508 e. The summed E-state index contributed by atoms with van der Waals surface area (Å²) in [6.07, 6.45) is 0. The van der Waals surface area contributed by atoms with E-state index in [9.17, 15) is 20.3 Å². The number of non-ortho nitro benzene ring substituents is 1. The molecule has 6 aromatic carbocycles. The van der Waals surface area contributed by atoms with Crippen molar-refractivity contribution in [2.75, 3.05) is 0 Å². The first-order valence-electron chi connectivity index (χ1n) is 20.1. The van der Waals surface area contributed by atoms with E-state index >= 15 is 0 Å². The molecule has 0 bridgehead atoms. The number of rotatable bonds is 8. The van der Waals surface area contributed by atoms with Crippen LogP contribution in [-0.4, -0.2) is 25.3 Å². The highest BCUT2D eigenvalue weighted by Gasteiger charge is 2.12. The summed E-state index contributed by atoms with van der Waals surface area (Å²) in [4.78, 5) is 9.91. The van der Waals surface area contributed by atoms with Gasteiger partial charge in [-0.05, 0) is 127 Å². The Kier molecular flexibility index (Phi) is 25.8. The Labute approximate surface area is 377 Å². The number of aryl methyl sites for hydroxylation is 6. The van der Waals surface area contributed by atoms with Gasteiger partial charge in [-0.2, -0.15) is 0 Å². The molecule has 16 N–H and O–H groups in total. The van der Waals surface area contributed by atoms with Crippen molar-refractivity contribution in [3.05, 3.63) is 197 Å². The van der Waals surface area contributed by atoms with Crippen LogP contribution in [0, 0.1) is 51.7 Å². The lowest BCUT2D eigenvalue weighted by Gasteiger charge is -2.04. The monoisotopic (exact) mass is 883 g/mol. The van der Waals surface area contributed by atoms with E-state index in [1.165, 1.54) is 34.4 Å². The standard InChI is InChI=1S/C9H13NO.C8H10ClN.C8H10N2O3.2C8H11NO.C8H11N/c1-7-2-3-8(6-11)4-9(7)5-10;1-6-2-3-8(9)4-7(6)5-10;1-5-2-7(10(12)13)3-6(4-9)8(5)11;1-6-2-3-8(10)4-7(6)5-9;1-6-3-2-4-7(5-9)8(6)10;1-7-4-2-3-5-8(7)6-9/h2-4,11H,5-6,10H2,1H3;2-4H,5,10H2,1H3;2-3,11H,4,9H2,1H3;2*2-4,10H,5,9H2,1H3;2-5H,6,9H2,1H3. The van der Waals surface area contributed by atoms with E-state index in [0.717, 1.165) is 44.0 Å². The van der Waals surface area contributed by atoms with Crippen LogP contribution in [0.4, 0.5) is 5.69 Å². The zero-order valence-corrected chi connectivity index (χ0v) is 38.0. The van der Waals surface area contributed by atoms with Gasteiger partial charge in [0.05, 0.1) is 11.5 Å². The molecule has 0 aromatic heterocycles. The van der Waals surface area contributed by atoms with Crippen LogP contribution in [0.25, 0.3) is 0 Å². The van der Waals surface area contributed by atoms with E-state index in [1.807, 2.05) is 100 Å². The number of nitrogens with two attached hydrogens (primary N) is 6. The average molecular weight is 885 g/mol. The number of benzene rings is 6. The van der Waals surface area contributed by atoms with Crippen LogP contribution in [0.2, 0.25) is 5.02 Å². The van der Waals surface area contributed by atoms with Crippen LogP contribution in [0.15, 0.2) is 109 Å². The molecule has 0 saturated carbocycles. The maximum Gasteiger partial charge on any atom is 0.270 e. The van der Waals surface area contributed by atoms with E-state index in [-0.39, 0.29) is 30.3 Å². The quantitative estimate of drug-likeness (QED) is 0.0516. The highest BCUT2D eigenvalue weighted by atomic mass is 35.5. The van der Waals surface area contributed by atoms with Crippen molar-refractivity contribution in [3.63, 3.8) is 0 Å². The number of nitro benzene ring substituents is 1. The smallest absolute Gasteiger partial charge is 0.270 e. The van der Waals surface area contributed by atoms with Gasteiger partial charge in [-0.3, -0.25) is 10.1 Å². The maximum atomic E-state index is 10.4. The molecule has 0 unspecified atom stereocenters. The fourth-order valence-electron chi connectivity index (χ4n) is 5.60. The van der Waals surface area contributed by atoms with Gasteiger partial charge in [0.25, 0.3) is 5.69 Å². The SMILES string of the molecule is Cc1cc([N+](=O)[O-])cc(CN)c1O.Cc1ccc(CO)cc1CN.Cc1ccc(Cl)cc1CN.Cc1ccc(O)cc1CN.Cc1cccc(CN)c1O.Cc1ccccc1CN. The molecule has 0 aliphatic carbocycles. The van der Waals surface area contributed by atoms with Gasteiger partial charge in [0.2, 0.25) is 0 Å². The van der Waals surface area contributed by atoms with Crippen molar-refractivity contribution in [1.29, 1.82) is 0 Å². The molecule has 6 aromatic rings. The molecule has 0 spiro atoms. The average Bonchev–Trinajstić information content (AvgIpc) is 3.28. The van der Waals surface area contributed by atoms with Crippen LogP contribution in [0.3, 0.4) is 0 Å². The minimum absolute atomic E-state index is 0.0353. The summed E-state index contributed by atoms with van der Waals surface area (Å²) < 4.78 is 0. The van der Waals surface area contributed by atoms with Gasteiger partial charge in [-0.15, -0.1) is 0 Å². The molecule has 0 fully saturated rings. The summed E-state index contributed by atoms with van der Waals surface area (Å²) >= 11 is 5.74. The van der Waals surface area contributed by atoms with Crippen molar-refractivity contribution in [1.82, 2.24) is 0 Å². The summed E-state index contributed by atoms with van der Waals surface area (Å²) in [5, 5.41) is 47.7. The Balaban J connectivity index is 0.000000379. The van der Waals surface area contributed by atoms with Gasteiger partial charge < -0.3 is 54.8 Å². The topological polar surface area (TPSA) is 280 Å². The van der Waals surface area contributed by atoms with Crippen LogP contribution >= 0.6 is 11.6 Å². The van der Waals surface area contributed by atoms with Gasteiger partial charge in [-0.25, -0.2) is 0 Å². The highest BCUT2D eigenvalue weighted by Crippen LogP contribution is 2.27. The first kappa shape index (κ1) is 55.1. The van der Waals surface area contributed by atoms with Crippen LogP contribution in [0.5, 0.6) is 17.2 Å². The molecule has 0 heterocycles. The van der Waals surface area contributed by atoms with Crippen molar-refractivity contribution in [2.45, 2.75) is 87.4 Å². The number of hydrogen-bond acceptors (Lipinski definition) is 12. The Morgan fingerprint density at radius 2 is 0.921 bits per heavy atom. The molecule has 63 heavy (non-hydrogen) atoms. The minimum atomic E-state index is -0.508. The van der Waals surface area contributed by atoms with E-state index in [0.29, 0.717) is 49.6 Å². The molecular formula is C49H66ClN7O6. The molecular weight excluding hydrogens is 818 g/mol.